The smallest absolute Gasteiger partial charge is 0.416 e. The summed E-state index contributed by atoms with van der Waals surface area (Å²) in [4.78, 5) is 0. The van der Waals surface area contributed by atoms with Crippen molar-refractivity contribution < 1.29 is 17.9 Å². The van der Waals surface area contributed by atoms with Crippen molar-refractivity contribution in [3.63, 3.8) is 0 Å². The number of alkyl halides is 3. The molecule has 1 aliphatic heterocycles. The molecule has 0 saturated carbocycles. The van der Waals surface area contributed by atoms with Gasteiger partial charge < -0.3 is 10.1 Å². The summed E-state index contributed by atoms with van der Waals surface area (Å²) < 4.78 is 42.4. The third-order valence-electron chi connectivity index (χ3n) is 2.76. The van der Waals surface area contributed by atoms with Crippen LogP contribution in [0.2, 0.25) is 0 Å². The summed E-state index contributed by atoms with van der Waals surface area (Å²) in [6, 6.07) is 3.75. The Hall–Kier alpha value is -1.23. The first kappa shape index (κ1) is 11.3. The van der Waals surface area contributed by atoms with Crippen LogP contribution in [0.25, 0.3) is 0 Å². The molecule has 88 valence electrons. The Morgan fingerprint density at radius 2 is 2.06 bits per heavy atom. The average Bonchev–Trinajstić information content (AvgIpc) is 2.14. The average molecular weight is 231 g/mol. The molecule has 1 saturated heterocycles. The van der Waals surface area contributed by atoms with Gasteiger partial charge in [-0.3, -0.25) is 0 Å². The fourth-order valence-electron chi connectivity index (χ4n) is 1.73. The standard InChI is InChI=1S/C11H12F3NO/c1-16-10-6-7(11(12,13)14)2-3-8(10)9-4-5-15-9/h2-3,6,9,15H,4-5H2,1H3/t9-/m0/s1. The van der Waals surface area contributed by atoms with Gasteiger partial charge >= 0.3 is 6.18 Å². The van der Waals surface area contributed by atoms with E-state index < -0.39 is 11.7 Å². The van der Waals surface area contributed by atoms with E-state index in [2.05, 4.69) is 5.32 Å². The van der Waals surface area contributed by atoms with Gasteiger partial charge in [0.15, 0.2) is 0 Å². The molecule has 5 heteroatoms. The molecule has 2 nitrogen and oxygen atoms in total. The first-order valence-corrected chi connectivity index (χ1v) is 5.01. The lowest BCUT2D eigenvalue weighted by Gasteiger charge is -2.29. The van der Waals surface area contributed by atoms with Crippen LogP contribution in [-0.2, 0) is 6.18 Å². The Morgan fingerprint density at radius 1 is 1.38 bits per heavy atom. The molecule has 0 radical (unpaired) electrons. The van der Waals surface area contributed by atoms with Crippen molar-refractivity contribution in [1.29, 1.82) is 0 Å². The summed E-state index contributed by atoms with van der Waals surface area (Å²) in [6.07, 6.45) is -3.39. The third kappa shape index (κ3) is 2.00. The number of hydrogen-bond donors (Lipinski definition) is 1. The Labute approximate surface area is 91.4 Å². The minimum Gasteiger partial charge on any atom is -0.496 e. The molecular weight excluding hydrogens is 219 g/mol. The summed E-state index contributed by atoms with van der Waals surface area (Å²) in [7, 11) is 1.39. The van der Waals surface area contributed by atoms with Gasteiger partial charge in [0.05, 0.1) is 12.7 Å². The van der Waals surface area contributed by atoms with Crippen LogP contribution < -0.4 is 10.1 Å². The first-order chi connectivity index (χ1) is 7.52. The van der Waals surface area contributed by atoms with E-state index >= 15 is 0 Å². The van der Waals surface area contributed by atoms with Gasteiger partial charge in [0, 0.05) is 11.6 Å². The zero-order valence-electron chi connectivity index (χ0n) is 8.77. The highest BCUT2D eigenvalue weighted by Gasteiger charge is 2.32. The molecule has 1 aromatic rings. The molecule has 1 aromatic carbocycles. The van der Waals surface area contributed by atoms with Gasteiger partial charge in [-0.15, -0.1) is 0 Å². The van der Waals surface area contributed by atoms with E-state index in [-0.39, 0.29) is 6.04 Å². The fourth-order valence-corrected chi connectivity index (χ4v) is 1.73. The molecule has 0 aliphatic carbocycles. The van der Waals surface area contributed by atoms with E-state index in [0.717, 1.165) is 30.7 Å². The number of ether oxygens (including phenoxy) is 1. The van der Waals surface area contributed by atoms with E-state index in [9.17, 15) is 13.2 Å². The van der Waals surface area contributed by atoms with Gasteiger partial charge in [-0.1, -0.05) is 6.07 Å². The zero-order chi connectivity index (χ0) is 11.8. The fraction of sp³-hybridized carbons (Fsp3) is 0.455. The van der Waals surface area contributed by atoms with E-state index in [0.29, 0.717) is 5.75 Å². The lowest BCUT2D eigenvalue weighted by atomic mass is 9.96. The monoisotopic (exact) mass is 231 g/mol. The molecule has 1 aliphatic rings. The SMILES string of the molecule is COc1cc(C(F)(F)F)ccc1[C@@H]1CCN1. The molecule has 1 heterocycles. The van der Waals surface area contributed by atoms with Gasteiger partial charge in [0.2, 0.25) is 0 Å². The third-order valence-corrected chi connectivity index (χ3v) is 2.76. The quantitative estimate of drug-likeness (QED) is 0.845. The molecule has 2 rings (SSSR count). The summed E-state index contributed by atoms with van der Waals surface area (Å²) >= 11 is 0. The van der Waals surface area contributed by atoms with Crippen LogP contribution in [0.5, 0.6) is 5.75 Å². The summed E-state index contributed by atoms with van der Waals surface area (Å²) in [5, 5.41) is 3.13. The number of methoxy groups -OCH3 is 1. The molecule has 0 spiro atoms. The van der Waals surface area contributed by atoms with E-state index in [1.54, 1.807) is 0 Å². The predicted molar refractivity (Wildman–Crippen MR) is 53.4 cm³/mol. The van der Waals surface area contributed by atoms with Gasteiger partial charge in [0.25, 0.3) is 0 Å². The van der Waals surface area contributed by atoms with E-state index in [1.807, 2.05) is 0 Å². The second-order valence-electron chi connectivity index (χ2n) is 3.75. The first-order valence-electron chi connectivity index (χ1n) is 5.01. The van der Waals surface area contributed by atoms with Crippen molar-refractivity contribution >= 4 is 0 Å². The van der Waals surface area contributed by atoms with Gasteiger partial charge in [-0.2, -0.15) is 13.2 Å². The van der Waals surface area contributed by atoms with E-state index in [1.165, 1.54) is 13.2 Å². The molecule has 0 amide bonds. The molecule has 0 unspecified atom stereocenters. The maximum atomic E-state index is 12.5. The maximum absolute atomic E-state index is 12.5. The highest BCUT2D eigenvalue weighted by atomic mass is 19.4. The van der Waals surface area contributed by atoms with Crippen LogP contribution in [0.4, 0.5) is 13.2 Å². The van der Waals surface area contributed by atoms with Crippen LogP contribution in [0, 0.1) is 0 Å². The normalized spacial score (nSPS) is 20.4. The number of halogens is 3. The van der Waals surface area contributed by atoms with Crippen LogP contribution in [0.1, 0.15) is 23.6 Å². The van der Waals surface area contributed by atoms with Crippen molar-refractivity contribution in [3.05, 3.63) is 29.3 Å². The molecule has 1 fully saturated rings. The molecule has 0 bridgehead atoms. The Kier molecular flexibility index (Phi) is 2.80. The van der Waals surface area contributed by atoms with Crippen molar-refractivity contribution in [2.24, 2.45) is 0 Å². The molecule has 16 heavy (non-hydrogen) atoms. The van der Waals surface area contributed by atoms with Crippen LogP contribution in [0.15, 0.2) is 18.2 Å². The second-order valence-corrected chi connectivity index (χ2v) is 3.75. The summed E-state index contributed by atoms with van der Waals surface area (Å²) in [5.41, 5.74) is 0.120. The number of hydrogen-bond acceptors (Lipinski definition) is 2. The largest absolute Gasteiger partial charge is 0.496 e. The lowest BCUT2D eigenvalue weighted by Crippen LogP contribution is -2.35. The number of benzene rings is 1. The highest BCUT2D eigenvalue weighted by molar-refractivity contribution is 5.41. The number of rotatable bonds is 2. The lowest BCUT2D eigenvalue weighted by molar-refractivity contribution is -0.137. The van der Waals surface area contributed by atoms with Crippen LogP contribution >= 0.6 is 0 Å². The Balaban J connectivity index is 2.34. The van der Waals surface area contributed by atoms with Gasteiger partial charge in [0.1, 0.15) is 5.75 Å². The predicted octanol–water partition coefficient (Wildman–Crippen LogP) is 2.75. The molecule has 0 aromatic heterocycles. The second kappa shape index (κ2) is 3.97. The molecule has 1 N–H and O–H groups in total. The van der Waals surface area contributed by atoms with Crippen molar-refractivity contribution in [2.45, 2.75) is 18.6 Å². The molecule has 1 atom stereocenters. The Morgan fingerprint density at radius 3 is 2.50 bits per heavy atom. The van der Waals surface area contributed by atoms with E-state index in [4.69, 9.17) is 4.74 Å². The molecular formula is C11H12F3NO. The van der Waals surface area contributed by atoms with Crippen LogP contribution in [0.3, 0.4) is 0 Å². The maximum Gasteiger partial charge on any atom is 0.416 e. The van der Waals surface area contributed by atoms with Crippen molar-refractivity contribution in [3.8, 4) is 5.75 Å². The van der Waals surface area contributed by atoms with Crippen molar-refractivity contribution in [1.82, 2.24) is 5.32 Å². The summed E-state index contributed by atoms with van der Waals surface area (Å²) in [5.74, 6) is 0.298. The van der Waals surface area contributed by atoms with Crippen LogP contribution in [-0.4, -0.2) is 13.7 Å². The van der Waals surface area contributed by atoms with Crippen molar-refractivity contribution in [2.75, 3.05) is 13.7 Å². The highest BCUT2D eigenvalue weighted by Crippen LogP contribution is 2.36. The minimum atomic E-state index is -4.32. The summed E-state index contributed by atoms with van der Waals surface area (Å²) in [6.45, 7) is 0.898. The number of nitrogens with one attached hydrogen (secondary N) is 1. The Bertz CT molecular complexity index is 385. The zero-order valence-corrected chi connectivity index (χ0v) is 8.77. The van der Waals surface area contributed by atoms with Gasteiger partial charge in [-0.25, -0.2) is 0 Å². The topological polar surface area (TPSA) is 21.3 Å². The minimum absolute atomic E-state index is 0.122. The van der Waals surface area contributed by atoms with Gasteiger partial charge in [-0.05, 0) is 25.1 Å².